The zero-order chi connectivity index (χ0) is 13.1. The number of carbonyl (C=O) groups is 1. The molecule has 5 heteroatoms. The minimum absolute atomic E-state index is 0.389. The Morgan fingerprint density at radius 3 is 2.78 bits per heavy atom. The van der Waals surface area contributed by atoms with Crippen molar-refractivity contribution < 1.29 is 9.53 Å². The van der Waals surface area contributed by atoms with Gasteiger partial charge < -0.3 is 16.2 Å². The summed E-state index contributed by atoms with van der Waals surface area (Å²) in [5.74, 6) is 0.458. The van der Waals surface area contributed by atoms with E-state index >= 15 is 0 Å². The fourth-order valence-corrected chi connectivity index (χ4v) is 1.52. The van der Waals surface area contributed by atoms with E-state index < -0.39 is 5.91 Å². The van der Waals surface area contributed by atoms with Gasteiger partial charge in [0, 0.05) is 11.1 Å². The number of anilines is 1. The van der Waals surface area contributed by atoms with Crippen molar-refractivity contribution in [2.24, 2.45) is 5.73 Å². The summed E-state index contributed by atoms with van der Waals surface area (Å²) in [5.41, 5.74) is 12.6. The van der Waals surface area contributed by atoms with E-state index in [0.717, 1.165) is 5.56 Å². The molecule has 1 amide bonds. The van der Waals surface area contributed by atoms with Gasteiger partial charge in [0.05, 0.1) is 11.9 Å². The first kappa shape index (κ1) is 11.9. The van der Waals surface area contributed by atoms with Gasteiger partial charge in [-0.15, -0.1) is 0 Å². The van der Waals surface area contributed by atoms with Crippen LogP contribution in [0.1, 0.15) is 15.9 Å². The molecular weight excluding hydrogens is 230 g/mol. The molecule has 2 aromatic rings. The van der Waals surface area contributed by atoms with E-state index in [9.17, 15) is 4.79 Å². The summed E-state index contributed by atoms with van der Waals surface area (Å²) < 4.78 is 5.58. The second-order valence-corrected chi connectivity index (χ2v) is 3.88. The van der Waals surface area contributed by atoms with Crippen molar-refractivity contribution in [2.45, 2.75) is 6.92 Å². The third kappa shape index (κ3) is 2.57. The van der Waals surface area contributed by atoms with Crippen LogP contribution in [0.5, 0.6) is 11.6 Å². The van der Waals surface area contributed by atoms with E-state index in [1.165, 1.54) is 6.20 Å². The van der Waals surface area contributed by atoms with E-state index in [2.05, 4.69) is 4.98 Å². The molecule has 0 aliphatic rings. The Labute approximate surface area is 104 Å². The molecule has 0 aliphatic carbocycles. The van der Waals surface area contributed by atoms with Gasteiger partial charge in [-0.2, -0.15) is 0 Å². The van der Waals surface area contributed by atoms with E-state index in [1.54, 1.807) is 30.3 Å². The van der Waals surface area contributed by atoms with Gasteiger partial charge in [-0.05, 0) is 31.2 Å². The number of nitrogen functional groups attached to an aromatic ring is 1. The standard InChI is InChI=1S/C13H13N3O2/c1-8-5-10(14)7-16-13(8)18-11-4-2-3-9(6-11)12(15)17/h2-7H,14H2,1H3,(H2,15,17). The molecule has 0 saturated heterocycles. The molecule has 2 rings (SSSR count). The lowest BCUT2D eigenvalue weighted by Crippen LogP contribution is -2.10. The number of rotatable bonds is 3. The van der Waals surface area contributed by atoms with Crippen LogP contribution < -0.4 is 16.2 Å². The number of hydrogen-bond donors (Lipinski definition) is 2. The Bertz CT molecular complexity index is 597. The van der Waals surface area contributed by atoms with E-state index in [1.807, 2.05) is 6.92 Å². The molecule has 0 fully saturated rings. The number of carbonyl (C=O) groups excluding carboxylic acids is 1. The summed E-state index contributed by atoms with van der Waals surface area (Å²) >= 11 is 0. The minimum Gasteiger partial charge on any atom is -0.439 e. The molecule has 5 nitrogen and oxygen atoms in total. The monoisotopic (exact) mass is 243 g/mol. The zero-order valence-electron chi connectivity index (χ0n) is 9.88. The predicted octanol–water partition coefficient (Wildman–Crippen LogP) is 1.86. The first-order chi connectivity index (χ1) is 8.56. The van der Waals surface area contributed by atoms with Crippen molar-refractivity contribution in [2.75, 3.05) is 5.73 Å². The number of nitrogens with two attached hydrogens (primary N) is 2. The van der Waals surface area contributed by atoms with Crippen molar-refractivity contribution in [3.8, 4) is 11.6 Å². The normalized spacial score (nSPS) is 10.1. The summed E-state index contributed by atoms with van der Waals surface area (Å²) in [7, 11) is 0. The molecule has 1 heterocycles. The topological polar surface area (TPSA) is 91.2 Å². The quantitative estimate of drug-likeness (QED) is 0.860. The maximum atomic E-state index is 11.1. The van der Waals surface area contributed by atoms with Crippen molar-refractivity contribution in [1.82, 2.24) is 4.98 Å². The number of primary amides is 1. The fourth-order valence-electron chi connectivity index (χ4n) is 1.52. The molecule has 0 aliphatic heterocycles. The smallest absolute Gasteiger partial charge is 0.248 e. The summed E-state index contributed by atoms with van der Waals surface area (Å²) in [6, 6.07) is 8.38. The molecule has 0 spiro atoms. The predicted molar refractivity (Wildman–Crippen MR) is 68.4 cm³/mol. The second-order valence-electron chi connectivity index (χ2n) is 3.88. The summed E-state index contributed by atoms with van der Waals surface area (Å²) in [5, 5.41) is 0. The number of ether oxygens (including phenoxy) is 1. The molecule has 18 heavy (non-hydrogen) atoms. The highest BCUT2D eigenvalue weighted by molar-refractivity contribution is 5.93. The third-order valence-corrected chi connectivity index (χ3v) is 2.38. The molecular formula is C13H13N3O2. The number of aromatic nitrogens is 1. The Kier molecular flexibility index (Phi) is 3.14. The molecule has 0 atom stereocenters. The highest BCUT2D eigenvalue weighted by Crippen LogP contribution is 2.24. The van der Waals surface area contributed by atoms with Crippen LogP contribution in [0.2, 0.25) is 0 Å². The Morgan fingerprint density at radius 1 is 1.33 bits per heavy atom. The number of pyridine rings is 1. The molecule has 92 valence electrons. The molecule has 1 aromatic carbocycles. The summed E-state index contributed by atoms with van der Waals surface area (Å²) in [6.07, 6.45) is 1.51. The number of nitrogens with zero attached hydrogens (tertiary/aromatic N) is 1. The van der Waals surface area contributed by atoms with E-state index in [-0.39, 0.29) is 0 Å². The van der Waals surface area contributed by atoms with Gasteiger partial charge in [0.25, 0.3) is 0 Å². The van der Waals surface area contributed by atoms with E-state index in [0.29, 0.717) is 22.9 Å². The SMILES string of the molecule is Cc1cc(N)cnc1Oc1cccc(C(N)=O)c1. The Morgan fingerprint density at radius 2 is 2.11 bits per heavy atom. The first-order valence-electron chi connectivity index (χ1n) is 5.36. The van der Waals surface area contributed by atoms with Gasteiger partial charge >= 0.3 is 0 Å². The first-order valence-corrected chi connectivity index (χ1v) is 5.36. The van der Waals surface area contributed by atoms with Crippen molar-refractivity contribution >= 4 is 11.6 Å². The lowest BCUT2D eigenvalue weighted by atomic mass is 10.2. The largest absolute Gasteiger partial charge is 0.439 e. The second kappa shape index (κ2) is 4.75. The van der Waals surface area contributed by atoms with Crippen LogP contribution in [0.15, 0.2) is 36.5 Å². The maximum Gasteiger partial charge on any atom is 0.248 e. The van der Waals surface area contributed by atoms with Gasteiger partial charge in [0.2, 0.25) is 11.8 Å². The highest BCUT2D eigenvalue weighted by atomic mass is 16.5. The molecule has 0 saturated carbocycles. The van der Waals surface area contributed by atoms with Crippen LogP contribution in [-0.4, -0.2) is 10.9 Å². The average Bonchev–Trinajstić information content (AvgIpc) is 2.33. The van der Waals surface area contributed by atoms with Crippen LogP contribution in [0, 0.1) is 6.92 Å². The van der Waals surface area contributed by atoms with E-state index in [4.69, 9.17) is 16.2 Å². The Hall–Kier alpha value is -2.56. The molecule has 4 N–H and O–H groups in total. The van der Waals surface area contributed by atoms with Crippen LogP contribution >= 0.6 is 0 Å². The molecule has 0 radical (unpaired) electrons. The number of amides is 1. The molecule has 0 unspecified atom stereocenters. The number of hydrogen-bond acceptors (Lipinski definition) is 4. The molecule has 0 bridgehead atoms. The van der Waals surface area contributed by atoms with Crippen LogP contribution in [0.4, 0.5) is 5.69 Å². The van der Waals surface area contributed by atoms with Crippen LogP contribution in [-0.2, 0) is 0 Å². The lowest BCUT2D eigenvalue weighted by Gasteiger charge is -2.08. The zero-order valence-corrected chi connectivity index (χ0v) is 9.88. The minimum atomic E-state index is -0.498. The van der Waals surface area contributed by atoms with Gasteiger partial charge in [0.1, 0.15) is 5.75 Å². The highest BCUT2D eigenvalue weighted by Gasteiger charge is 2.06. The number of aryl methyl sites for hydroxylation is 1. The van der Waals surface area contributed by atoms with Gasteiger partial charge in [-0.25, -0.2) is 4.98 Å². The van der Waals surface area contributed by atoms with Gasteiger partial charge in [-0.1, -0.05) is 6.07 Å². The lowest BCUT2D eigenvalue weighted by molar-refractivity contribution is 0.1000. The average molecular weight is 243 g/mol. The van der Waals surface area contributed by atoms with Crippen molar-refractivity contribution in [1.29, 1.82) is 0 Å². The number of benzene rings is 1. The van der Waals surface area contributed by atoms with Gasteiger partial charge in [-0.3, -0.25) is 4.79 Å². The van der Waals surface area contributed by atoms with Crippen LogP contribution in [0.25, 0.3) is 0 Å². The Balaban J connectivity index is 2.28. The van der Waals surface area contributed by atoms with Crippen molar-refractivity contribution in [3.63, 3.8) is 0 Å². The van der Waals surface area contributed by atoms with Crippen LogP contribution in [0.3, 0.4) is 0 Å². The van der Waals surface area contributed by atoms with Crippen molar-refractivity contribution in [3.05, 3.63) is 47.7 Å². The third-order valence-electron chi connectivity index (χ3n) is 2.38. The maximum absolute atomic E-state index is 11.1. The summed E-state index contributed by atoms with van der Waals surface area (Å²) in [6.45, 7) is 1.84. The fraction of sp³-hybridized carbons (Fsp3) is 0.0769. The van der Waals surface area contributed by atoms with Gasteiger partial charge in [0.15, 0.2) is 0 Å². The molecule has 1 aromatic heterocycles. The summed E-state index contributed by atoms with van der Waals surface area (Å²) in [4.78, 5) is 15.1.